The van der Waals surface area contributed by atoms with E-state index in [-0.39, 0.29) is 12.4 Å². The van der Waals surface area contributed by atoms with Gasteiger partial charge in [-0.3, -0.25) is 4.79 Å². The van der Waals surface area contributed by atoms with Crippen LogP contribution in [0.1, 0.15) is 32.3 Å². The fourth-order valence-electron chi connectivity index (χ4n) is 2.01. The first-order chi connectivity index (χ1) is 12.2. The molecular formula is C17H24FN3O5. The summed E-state index contributed by atoms with van der Waals surface area (Å²) in [5, 5.41) is 25.8. The Labute approximate surface area is 150 Å². The molecule has 0 spiro atoms. The molecule has 8 nitrogen and oxygen atoms in total. The number of carbonyl (C=O) groups excluding carboxylic acids is 2. The SMILES string of the molecule is CCCC(NC(=O)NCc1ccc(F)cc1)C(=O)NCC(C)(O)C(=O)O. The summed E-state index contributed by atoms with van der Waals surface area (Å²) in [6, 6.07) is 4.14. The summed E-state index contributed by atoms with van der Waals surface area (Å²) in [5.41, 5.74) is -1.41. The number of hydrogen-bond donors (Lipinski definition) is 5. The van der Waals surface area contributed by atoms with Crippen LogP contribution < -0.4 is 16.0 Å². The number of benzene rings is 1. The van der Waals surface area contributed by atoms with Crippen LogP contribution in [0.2, 0.25) is 0 Å². The van der Waals surface area contributed by atoms with E-state index in [1.807, 2.05) is 6.92 Å². The van der Waals surface area contributed by atoms with Crippen LogP contribution in [0.15, 0.2) is 24.3 Å². The van der Waals surface area contributed by atoms with Crippen molar-refractivity contribution in [2.45, 2.75) is 44.9 Å². The van der Waals surface area contributed by atoms with Gasteiger partial charge in [0.05, 0.1) is 6.54 Å². The predicted molar refractivity (Wildman–Crippen MR) is 91.7 cm³/mol. The van der Waals surface area contributed by atoms with Crippen molar-refractivity contribution in [2.24, 2.45) is 0 Å². The lowest BCUT2D eigenvalue weighted by Gasteiger charge is -2.22. The van der Waals surface area contributed by atoms with Crippen molar-refractivity contribution in [3.63, 3.8) is 0 Å². The largest absolute Gasteiger partial charge is 0.479 e. The van der Waals surface area contributed by atoms with E-state index >= 15 is 0 Å². The Morgan fingerprint density at radius 3 is 2.35 bits per heavy atom. The molecule has 0 aliphatic rings. The average molecular weight is 369 g/mol. The van der Waals surface area contributed by atoms with Gasteiger partial charge in [-0.05, 0) is 31.0 Å². The Morgan fingerprint density at radius 1 is 1.19 bits per heavy atom. The molecule has 0 saturated carbocycles. The van der Waals surface area contributed by atoms with Crippen molar-refractivity contribution in [2.75, 3.05) is 6.54 Å². The van der Waals surface area contributed by atoms with Gasteiger partial charge in [0, 0.05) is 6.54 Å². The lowest BCUT2D eigenvalue weighted by Crippen LogP contribution is -2.53. The third kappa shape index (κ3) is 7.06. The van der Waals surface area contributed by atoms with E-state index in [0.717, 1.165) is 6.92 Å². The summed E-state index contributed by atoms with van der Waals surface area (Å²) < 4.78 is 12.8. The van der Waals surface area contributed by atoms with Crippen molar-refractivity contribution in [1.82, 2.24) is 16.0 Å². The van der Waals surface area contributed by atoms with Crippen LogP contribution in [-0.4, -0.2) is 46.3 Å². The maximum absolute atomic E-state index is 12.8. The minimum absolute atomic E-state index is 0.153. The van der Waals surface area contributed by atoms with E-state index in [4.69, 9.17) is 5.11 Å². The van der Waals surface area contributed by atoms with E-state index < -0.39 is 36.1 Å². The number of hydrogen-bond acceptors (Lipinski definition) is 4. The lowest BCUT2D eigenvalue weighted by molar-refractivity contribution is -0.156. The zero-order valence-corrected chi connectivity index (χ0v) is 14.7. The molecule has 1 aromatic carbocycles. The van der Waals surface area contributed by atoms with Crippen molar-refractivity contribution >= 4 is 17.9 Å². The summed E-state index contributed by atoms with van der Waals surface area (Å²) in [6.07, 6.45) is 0.941. The normalized spacial score (nSPS) is 14.0. The summed E-state index contributed by atoms with van der Waals surface area (Å²) in [4.78, 5) is 35.0. The molecule has 1 rings (SSSR count). The highest BCUT2D eigenvalue weighted by molar-refractivity contribution is 5.87. The van der Waals surface area contributed by atoms with Gasteiger partial charge in [-0.25, -0.2) is 14.0 Å². The molecule has 5 N–H and O–H groups in total. The average Bonchev–Trinajstić information content (AvgIpc) is 2.58. The first-order valence-electron chi connectivity index (χ1n) is 8.18. The van der Waals surface area contributed by atoms with Gasteiger partial charge in [0.25, 0.3) is 0 Å². The molecule has 0 bridgehead atoms. The number of amides is 3. The van der Waals surface area contributed by atoms with Crippen LogP contribution in [0.5, 0.6) is 0 Å². The van der Waals surface area contributed by atoms with Crippen LogP contribution >= 0.6 is 0 Å². The molecule has 2 atom stereocenters. The summed E-state index contributed by atoms with van der Waals surface area (Å²) in [6.45, 7) is 2.56. The molecule has 144 valence electrons. The van der Waals surface area contributed by atoms with Crippen LogP contribution in [0.4, 0.5) is 9.18 Å². The van der Waals surface area contributed by atoms with Crippen LogP contribution in [0.25, 0.3) is 0 Å². The Morgan fingerprint density at radius 2 is 1.81 bits per heavy atom. The van der Waals surface area contributed by atoms with E-state index in [1.54, 1.807) is 0 Å². The number of carboxylic acid groups (broad SMARTS) is 1. The number of rotatable bonds is 9. The van der Waals surface area contributed by atoms with Gasteiger partial charge in [0.2, 0.25) is 5.91 Å². The molecule has 0 aliphatic carbocycles. The molecule has 0 aliphatic heterocycles. The molecule has 0 heterocycles. The minimum atomic E-state index is -2.10. The van der Waals surface area contributed by atoms with Gasteiger partial charge in [-0.15, -0.1) is 0 Å². The van der Waals surface area contributed by atoms with Gasteiger partial charge in [-0.1, -0.05) is 25.5 Å². The molecule has 0 fully saturated rings. The number of aliphatic carboxylic acids is 1. The van der Waals surface area contributed by atoms with Crippen molar-refractivity contribution in [3.05, 3.63) is 35.6 Å². The van der Waals surface area contributed by atoms with Gasteiger partial charge < -0.3 is 26.2 Å². The van der Waals surface area contributed by atoms with E-state index in [2.05, 4.69) is 16.0 Å². The van der Waals surface area contributed by atoms with Crippen LogP contribution in [0, 0.1) is 5.82 Å². The van der Waals surface area contributed by atoms with E-state index in [0.29, 0.717) is 18.4 Å². The fourth-order valence-corrected chi connectivity index (χ4v) is 2.01. The first kappa shape index (κ1) is 21.4. The summed E-state index contributed by atoms with van der Waals surface area (Å²) >= 11 is 0. The molecule has 1 aromatic rings. The molecule has 2 unspecified atom stereocenters. The van der Waals surface area contributed by atoms with Crippen molar-refractivity contribution < 1.29 is 29.0 Å². The van der Waals surface area contributed by atoms with E-state index in [9.17, 15) is 23.9 Å². The lowest BCUT2D eigenvalue weighted by atomic mass is 10.1. The smallest absolute Gasteiger partial charge is 0.337 e. The van der Waals surface area contributed by atoms with Gasteiger partial charge >= 0.3 is 12.0 Å². The van der Waals surface area contributed by atoms with Crippen molar-refractivity contribution in [3.8, 4) is 0 Å². The third-order valence-corrected chi connectivity index (χ3v) is 3.63. The topological polar surface area (TPSA) is 128 Å². The molecular weight excluding hydrogens is 345 g/mol. The Hall–Kier alpha value is -2.68. The monoisotopic (exact) mass is 369 g/mol. The predicted octanol–water partition coefficient (Wildman–Crippen LogP) is 0.745. The van der Waals surface area contributed by atoms with Gasteiger partial charge in [0.15, 0.2) is 5.60 Å². The molecule has 0 aromatic heterocycles. The molecule has 26 heavy (non-hydrogen) atoms. The number of carboxylic acids is 1. The summed E-state index contributed by atoms with van der Waals surface area (Å²) in [7, 11) is 0. The first-order valence-corrected chi connectivity index (χ1v) is 8.18. The van der Waals surface area contributed by atoms with Crippen LogP contribution in [0.3, 0.4) is 0 Å². The highest BCUT2D eigenvalue weighted by Gasteiger charge is 2.31. The molecule has 0 saturated heterocycles. The third-order valence-electron chi connectivity index (χ3n) is 3.63. The number of halogens is 1. The highest BCUT2D eigenvalue weighted by Crippen LogP contribution is 2.04. The Kier molecular flexibility index (Phi) is 7.98. The molecule has 3 amide bonds. The van der Waals surface area contributed by atoms with E-state index in [1.165, 1.54) is 24.3 Å². The quantitative estimate of drug-likeness (QED) is 0.439. The second-order valence-electron chi connectivity index (χ2n) is 6.09. The molecule has 9 heteroatoms. The standard InChI is InChI=1S/C17H24FN3O5/c1-3-4-13(14(22)20-10-17(2,26)15(23)24)21-16(25)19-9-11-5-7-12(18)8-6-11/h5-8,13,26H,3-4,9-10H2,1-2H3,(H,20,22)(H,23,24)(H2,19,21,25). The van der Waals surface area contributed by atoms with Gasteiger partial charge in [0.1, 0.15) is 11.9 Å². The fraction of sp³-hybridized carbons (Fsp3) is 0.471. The number of urea groups is 1. The Bertz CT molecular complexity index is 634. The van der Waals surface area contributed by atoms with Gasteiger partial charge in [-0.2, -0.15) is 0 Å². The zero-order chi connectivity index (χ0) is 19.7. The summed E-state index contributed by atoms with van der Waals surface area (Å²) in [5.74, 6) is -2.43. The van der Waals surface area contributed by atoms with Crippen LogP contribution in [-0.2, 0) is 16.1 Å². The molecule has 0 radical (unpaired) electrons. The number of aliphatic hydroxyl groups is 1. The zero-order valence-electron chi connectivity index (χ0n) is 14.7. The number of carbonyl (C=O) groups is 3. The highest BCUT2D eigenvalue weighted by atomic mass is 19.1. The van der Waals surface area contributed by atoms with Crippen molar-refractivity contribution in [1.29, 1.82) is 0 Å². The minimum Gasteiger partial charge on any atom is -0.479 e. The number of nitrogens with one attached hydrogen (secondary N) is 3. The maximum Gasteiger partial charge on any atom is 0.337 e. The second-order valence-corrected chi connectivity index (χ2v) is 6.09. The Balaban J connectivity index is 2.54. The maximum atomic E-state index is 12.8. The second kappa shape index (κ2) is 9.71.